The first-order valence-corrected chi connectivity index (χ1v) is 7.78. The van der Waals surface area contributed by atoms with Gasteiger partial charge in [0, 0.05) is 42.6 Å². The number of nitrogens with zero attached hydrogens (tertiary/aromatic N) is 3. The summed E-state index contributed by atoms with van der Waals surface area (Å²) in [4.78, 5) is 19.5. The summed E-state index contributed by atoms with van der Waals surface area (Å²) < 4.78 is 0. The Labute approximate surface area is 130 Å². The highest BCUT2D eigenvalue weighted by Gasteiger charge is 2.27. The van der Waals surface area contributed by atoms with Crippen molar-refractivity contribution in [1.29, 1.82) is 0 Å². The van der Waals surface area contributed by atoms with Crippen molar-refractivity contribution in [3.63, 3.8) is 0 Å². The molecule has 1 saturated heterocycles. The van der Waals surface area contributed by atoms with Gasteiger partial charge in [0.05, 0.1) is 11.9 Å². The van der Waals surface area contributed by atoms with Crippen LogP contribution in [0.3, 0.4) is 0 Å². The molecular weight excluding hydrogens is 278 g/mol. The number of carboxylic acid groups (broad SMARTS) is 1. The van der Waals surface area contributed by atoms with Gasteiger partial charge in [-0.05, 0) is 19.8 Å². The van der Waals surface area contributed by atoms with Crippen molar-refractivity contribution in [3.8, 4) is 0 Å². The molecule has 5 heteroatoms. The van der Waals surface area contributed by atoms with Gasteiger partial charge in [0.25, 0.3) is 0 Å². The van der Waals surface area contributed by atoms with Gasteiger partial charge in [-0.25, -0.2) is 4.79 Å². The van der Waals surface area contributed by atoms with Gasteiger partial charge in [0.1, 0.15) is 0 Å². The number of pyridine rings is 1. The Bertz CT molecular complexity index is 661. The molecule has 0 saturated carbocycles. The number of benzene rings is 1. The van der Waals surface area contributed by atoms with E-state index >= 15 is 0 Å². The molecule has 0 aliphatic carbocycles. The second-order valence-corrected chi connectivity index (χ2v) is 5.67. The molecular formula is C17H21N3O2. The zero-order valence-electron chi connectivity index (χ0n) is 12.8. The lowest BCUT2D eigenvalue weighted by Crippen LogP contribution is -2.47. The van der Waals surface area contributed by atoms with Gasteiger partial charge in [-0.1, -0.05) is 24.3 Å². The molecule has 0 bridgehead atoms. The van der Waals surface area contributed by atoms with Crippen LogP contribution in [0.15, 0.2) is 36.7 Å². The van der Waals surface area contributed by atoms with Crippen molar-refractivity contribution >= 4 is 22.6 Å². The maximum absolute atomic E-state index is 11.3. The van der Waals surface area contributed by atoms with Crippen LogP contribution in [0, 0.1) is 0 Å². The van der Waals surface area contributed by atoms with E-state index in [0.717, 1.165) is 37.0 Å². The Morgan fingerprint density at radius 1 is 1.32 bits per heavy atom. The Balaban J connectivity index is 1.77. The molecule has 116 valence electrons. The summed E-state index contributed by atoms with van der Waals surface area (Å²) in [6.07, 6.45) is 4.71. The number of amides is 1. The smallest absolute Gasteiger partial charge is 0.407 e. The molecule has 1 amide bonds. The van der Waals surface area contributed by atoms with Crippen LogP contribution in [0.1, 0.15) is 19.8 Å². The Hall–Kier alpha value is -2.30. The number of piperidine rings is 1. The summed E-state index contributed by atoms with van der Waals surface area (Å²) in [5.41, 5.74) is 1.15. The Kier molecular flexibility index (Phi) is 4.13. The molecule has 1 fully saturated rings. The molecule has 2 heterocycles. The first-order chi connectivity index (χ1) is 10.7. The van der Waals surface area contributed by atoms with Crippen LogP contribution in [-0.2, 0) is 0 Å². The SMILES string of the molecule is CCN(C(=O)O)C1CCN(c2cncc3ccccc23)CC1. The van der Waals surface area contributed by atoms with Gasteiger partial charge in [0.15, 0.2) is 0 Å². The minimum atomic E-state index is -0.812. The van der Waals surface area contributed by atoms with Crippen LogP contribution < -0.4 is 4.90 Å². The largest absolute Gasteiger partial charge is 0.465 e. The standard InChI is InChI=1S/C17H21N3O2/c1-2-20(17(21)22)14-7-9-19(10-8-14)16-12-18-11-13-5-3-4-6-15(13)16/h3-6,11-12,14H,2,7-10H2,1H3,(H,21,22). The third-order valence-corrected chi connectivity index (χ3v) is 4.48. The molecule has 0 radical (unpaired) electrons. The van der Waals surface area contributed by atoms with E-state index in [9.17, 15) is 9.90 Å². The molecule has 0 unspecified atom stereocenters. The van der Waals surface area contributed by atoms with E-state index in [-0.39, 0.29) is 6.04 Å². The van der Waals surface area contributed by atoms with E-state index in [0.29, 0.717) is 6.54 Å². The topological polar surface area (TPSA) is 56.7 Å². The molecule has 0 atom stereocenters. The number of hydrogen-bond donors (Lipinski definition) is 1. The molecule has 1 aliphatic heterocycles. The van der Waals surface area contributed by atoms with Crippen LogP contribution in [-0.4, -0.2) is 46.8 Å². The molecule has 1 N–H and O–H groups in total. The predicted molar refractivity (Wildman–Crippen MR) is 87.4 cm³/mol. The van der Waals surface area contributed by atoms with Crippen molar-refractivity contribution in [1.82, 2.24) is 9.88 Å². The summed E-state index contributed by atoms with van der Waals surface area (Å²) in [6, 6.07) is 8.38. The number of carbonyl (C=O) groups is 1. The summed E-state index contributed by atoms with van der Waals surface area (Å²) in [6.45, 7) is 4.18. The molecule has 1 aromatic heterocycles. The lowest BCUT2D eigenvalue weighted by molar-refractivity contribution is 0.119. The lowest BCUT2D eigenvalue weighted by Gasteiger charge is -2.38. The van der Waals surface area contributed by atoms with Crippen molar-refractivity contribution in [3.05, 3.63) is 36.7 Å². The minimum Gasteiger partial charge on any atom is -0.465 e. The van der Waals surface area contributed by atoms with E-state index in [1.54, 1.807) is 4.90 Å². The molecule has 5 nitrogen and oxygen atoms in total. The monoisotopic (exact) mass is 299 g/mol. The highest BCUT2D eigenvalue weighted by atomic mass is 16.4. The number of rotatable bonds is 3. The zero-order valence-corrected chi connectivity index (χ0v) is 12.8. The number of hydrogen-bond acceptors (Lipinski definition) is 3. The van der Waals surface area contributed by atoms with Gasteiger partial charge in [-0.15, -0.1) is 0 Å². The van der Waals surface area contributed by atoms with E-state index < -0.39 is 6.09 Å². The van der Waals surface area contributed by atoms with Crippen molar-refractivity contribution in [2.45, 2.75) is 25.8 Å². The highest BCUT2D eigenvalue weighted by Crippen LogP contribution is 2.28. The van der Waals surface area contributed by atoms with E-state index in [2.05, 4.69) is 22.0 Å². The molecule has 1 aliphatic rings. The normalized spacial score (nSPS) is 16.0. The Morgan fingerprint density at radius 2 is 2.05 bits per heavy atom. The number of anilines is 1. The number of fused-ring (bicyclic) bond motifs is 1. The molecule has 22 heavy (non-hydrogen) atoms. The van der Waals surface area contributed by atoms with Crippen molar-refractivity contribution < 1.29 is 9.90 Å². The highest BCUT2D eigenvalue weighted by molar-refractivity contribution is 5.93. The second kappa shape index (κ2) is 6.22. The lowest BCUT2D eigenvalue weighted by atomic mass is 10.0. The molecule has 0 spiro atoms. The minimum absolute atomic E-state index is 0.127. The summed E-state index contributed by atoms with van der Waals surface area (Å²) in [5, 5.41) is 11.6. The molecule has 3 rings (SSSR count). The summed E-state index contributed by atoms with van der Waals surface area (Å²) in [7, 11) is 0. The van der Waals surface area contributed by atoms with E-state index in [4.69, 9.17) is 0 Å². The first kappa shape index (κ1) is 14.6. The van der Waals surface area contributed by atoms with Crippen LogP contribution in [0.25, 0.3) is 10.8 Å². The summed E-state index contributed by atoms with van der Waals surface area (Å²) >= 11 is 0. The fourth-order valence-corrected chi connectivity index (χ4v) is 3.32. The third-order valence-electron chi connectivity index (χ3n) is 4.48. The van der Waals surface area contributed by atoms with Crippen LogP contribution in [0.2, 0.25) is 0 Å². The quantitative estimate of drug-likeness (QED) is 0.945. The van der Waals surface area contributed by atoms with Gasteiger partial charge in [0.2, 0.25) is 0 Å². The van der Waals surface area contributed by atoms with Gasteiger partial charge < -0.3 is 14.9 Å². The first-order valence-electron chi connectivity index (χ1n) is 7.78. The van der Waals surface area contributed by atoms with Gasteiger partial charge in [-0.3, -0.25) is 4.98 Å². The second-order valence-electron chi connectivity index (χ2n) is 5.67. The van der Waals surface area contributed by atoms with Gasteiger partial charge >= 0.3 is 6.09 Å². The fourth-order valence-electron chi connectivity index (χ4n) is 3.32. The summed E-state index contributed by atoms with van der Waals surface area (Å²) in [5.74, 6) is 0. The van der Waals surface area contributed by atoms with Gasteiger partial charge in [-0.2, -0.15) is 0 Å². The fraction of sp³-hybridized carbons (Fsp3) is 0.412. The maximum atomic E-state index is 11.3. The maximum Gasteiger partial charge on any atom is 0.407 e. The molecule has 2 aromatic rings. The third kappa shape index (κ3) is 2.71. The predicted octanol–water partition coefficient (Wildman–Crippen LogP) is 3.20. The molecule has 1 aromatic carbocycles. The Morgan fingerprint density at radius 3 is 2.73 bits per heavy atom. The van der Waals surface area contributed by atoms with E-state index in [1.165, 1.54) is 5.39 Å². The van der Waals surface area contributed by atoms with Crippen LogP contribution in [0.4, 0.5) is 10.5 Å². The van der Waals surface area contributed by atoms with Crippen LogP contribution in [0.5, 0.6) is 0 Å². The van der Waals surface area contributed by atoms with Crippen molar-refractivity contribution in [2.24, 2.45) is 0 Å². The van der Waals surface area contributed by atoms with E-state index in [1.807, 2.05) is 31.5 Å². The zero-order chi connectivity index (χ0) is 15.5. The van der Waals surface area contributed by atoms with Crippen LogP contribution >= 0.6 is 0 Å². The van der Waals surface area contributed by atoms with Crippen molar-refractivity contribution in [2.75, 3.05) is 24.5 Å². The average molecular weight is 299 g/mol. The average Bonchev–Trinajstić information content (AvgIpc) is 2.55. The number of aromatic nitrogens is 1.